The average molecular weight is 241 g/mol. The lowest BCUT2D eigenvalue weighted by atomic mass is 10.3. The zero-order chi connectivity index (χ0) is 8.97. The zero-order valence-electron chi connectivity index (χ0n) is 7.89. The molecule has 14 heavy (non-hydrogen) atoms. The number of rotatable bonds is 2. The Balaban J connectivity index is 0. The van der Waals surface area contributed by atoms with Gasteiger partial charge in [-0.2, -0.15) is 0 Å². The minimum Gasteiger partial charge on any atom is -0.355 e. The van der Waals surface area contributed by atoms with Crippen molar-refractivity contribution >= 4 is 24.8 Å². The van der Waals surface area contributed by atoms with E-state index >= 15 is 0 Å². The Morgan fingerprint density at radius 3 is 2.57 bits per heavy atom. The Morgan fingerprint density at radius 1 is 1.50 bits per heavy atom. The summed E-state index contributed by atoms with van der Waals surface area (Å²) in [7, 11) is 0. The van der Waals surface area contributed by atoms with Crippen molar-refractivity contribution in [1.29, 1.82) is 0 Å². The van der Waals surface area contributed by atoms with Gasteiger partial charge in [-0.1, -0.05) is 12.2 Å². The van der Waals surface area contributed by atoms with Crippen molar-refractivity contribution in [3.63, 3.8) is 0 Å². The summed E-state index contributed by atoms with van der Waals surface area (Å²) in [6.45, 7) is 2.13. The van der Waals surface area contributed by atoms with E-state index in [4.69, 9.17) is 5.73 Å². The number of nitrogens with two attached hydrogens (primary N) is 1. The highest BCUT2D eigenvalue weighted by atomic mass is 35.5. The molecule has 0 aromatic carbocycles. The topological polar surface area (TPSA) is 29.3 Å². The molecule has 0 radical (unpaired) electrons. The molecule has 0 saturated carbocycles. The fraction of sp³-hybridized carbons (Fsp3) is 0.333. The predicted molar refractivity (Wildman–Crippen MR) is 62.3 cm³/mol. The number of halogens is 3. The molecule has 1 rings (SSSR count). The second kappa shape index (κ2) is 7.85. The fourth-order valence-electron chi connectivity index (χ4n) is 1.03. The summed E-state index contributed by atoms with van der Waals surface area (Å²) < 4.78 is 12.4. The van der Waals surface area contributed by atoms with Gasteiger partial charge in [-0.15, -0.1) is 24.8 Å². The molecule has 2 nitrogen and oxygen atoms in total. The van der Waals surface area contributed by atoms with Crippen molar-refractivity contribution < 1.29 is 4.39 Å². The van der Waals surface area contributed by atoms with E-state index in [1.54, 1.807) is 0 Å². The van der Waals surface area contributed by atoms with E-state index in [0.717, 1.165) is 6.54 Å². The molecule has 1 atom stereocenters. The summed E-state index contributed by atoms with van der Waals surface area (Å²) in [5.74, 6) is -0.245. The third-order valence-electron chi connectivity index (χ3n) is 1.62. The Hall–Kier alpha value is -0.510. The van der Waals surface area contributed by atoms with Crippen LogP contribution in [0.3, 0.4) is 0 Å². The second-order valence-corrected chi connectivity index (χ2v) is 2.71. The maximum absolute atomic E-state index is 12.4. The third kappa shape index (κ3) is 5.27. The molecule has 82 valence electrons. The first-order valence-electron chi connectivity index (χ1n) is 3.89. The van der Waals surface area contributed by atoms with Crippen molar-refractivity contribution in [1.82, 2.24) is 4.90 Å². The molecular formula is C9H15Cl2FN2. The normalized spacial score (nSPS) is 17.1. The molecule has 1 heterocycles. The van der Waals surface area contributed by atoms with Gasteiger partial charge in [0.2, 0.25) is 0 Å². The Labute approximate surface area is 96.2 Å². The minimum absolute atomic E-state index is 0. The highest BCUT2D eigenvalue weighted by molar-refractivity contribution is 5.85. The van der Waals surface area contributed by atoms with Crippen molar-refractivity contribution in [2.45, 2.75) is 13.1 Å². The van der Waals surface area contributed by atoms with E-state index in [1.165, 1.54) is 13.0 Å². The van der Waals surface area contributed by atoms with Gasteiger partial charge in [0, 0.05) is 12.7 Å². The van der Waals surface area contributed by atoms with Crippen molar-refractivity contribution in [3.8, 4) is 0 Å². The molecule has 1 aliphatic heterocycles. The molecule has 0 fully saturated rings. The van der Waals surface area contributed by atoms with Crippen LogP contribution in [0.4, 0.5) is 4.39 Å². The third-order valence-corrected chi connectivity index (χ3v) is 1.62. The first-order chi connectivity index (χ1) is 5.70. The molecule has 1 unspecified atom stereocenters. The van der Waals surface area contributed by atoms with Crippen LogP contribution in [0, 0.1) is 0 Å². The van der Waals surface area contributed by atoms with Gasteiger partial charge in [-0.3, -0.25) is 0 Å². The number of allylic oxidation sites excluding steroid dienone is 3. The van der Waals surface area contributed by atoms with E-state index in [0.29, 0.717) is 0 Å². The van der Waals surface area contributed by atoms with Crippen molar-refractivity contribution in [3.05, 3.63) is 36.3 Å². The summed E-state index contributed by atoms with van der Waals surface area (Å²) in [4.78, 5) is 1.85. The largest absolute Gasteiger partial charge is 0.355 e. The number of nitrogens with zero attached hydrogens (tertiary/aromatic N) is 1. The van der Waals surface area contributed by atoms with Gasteiger partial charge < -0.3 is 10.6 Å². The minimum atomic E-state index is -0.365. The van der Waals surface area contributed by atoms with E-state index in [9.17, 15) is 4.39 Å². The van der Waals surface area contributed by atoms with Gasteiger partial charge in [0.25, 0.3) is 0 Å². The molecule has 0 aliphatic carbocycles. The van der Waals surface area contributed by atoms with Gasteiger partial charge >= 0.3 is 0 Å². The molecular weight excluding hydrogens is 226 g/mol. The van der Waals surface area contributed by atoms with Gasteiger partial charge in [0.15, 0.2) is 0 Å². The lowest BCUT2D eigenvalue weighted by Gasteiger charge is -2.25. The highest BCUT2D eigenvalue weighted by Crippen LogP contribution is 2.04. The van der Waals surface area contributed by atoms with E-state index in [-0.39, 0.29) is 36.8 Å². The van der Waals surface area contributed by atoms with Crippen LogP contribution in [0.15, 0.2) is 36.3 Å². The summed E-state index contributed by atoms with van der Waals surface area (Å²) in [5.41, 5.74) is 5.67. The average Bonchev–Trinajstić information content (AvgIpc) is 2.05. The van der Waals surface area contributed by atoms with Crippen LogP contribution in [0.1, 0.15) is 6.92 Å². The van der Waals surface area contributed by atoms with Crippen LogP contribution in [-0.2, 0) is 0 Å². The summed E-state index contributed by atoms with van der Waals surface area (Å²) in [6, 6.07) is 0. The smallest absolute Gasteiger partial charge is 0.0987 e. The van der Waals surface area contributed by atoms with Crippen LogP contribution in [-0.4, -0.2) is 17.6 Å². The first-order valence-corrected chi connectivity index (χ1v) is 3.89. The molecule has 0 bridgehead atoms. The van der Waals surface area contributed by atoms with Gasteiger partial charge in [-0.25, -0.2) is 4.39 Å². The summed E-state index contributed by atoms with van der Waals surface area (Å²) >= 11 is 0. The quantitative estimate of drug-likeness (QED) is 0.804. The van der Waals surface area contributed by atoms with Crippen LogP contribution in [0.5, 0.6) is 0 Å². The van der Waals surface area contributed by atoms with Crippen molar-refractivity contribution in [2.75, 3.05) is 6.54 Å². The monoisotopic (exact) mass is 240 g/mol. The molecule has 0 aromatic heterocycles. The Morgan fingerprint density at radius 2 is 2.14 bits per heavy atom. The number of hydrogen-bond acceptors (Lipinski definition) is 2. The maximum atomic E-state index is 12.4. The molecule has 1 aliphatic rings. The van der Waals surface area contributed by atoms with Gasteiger partial charge in [-0.05, 0) is 19.1 Å². The Kier molecular flexibility index (Phi) is 8.94. The molecule has 0 aromatic rings. The van der Waals surface area contributed by atoms with E-state index < -0.39 is 0 Å². The van der Waals surface area contributed by atoms with E-state index in [1.807, 2.05) is 29.3 Å². The second-order valence-electron chi connectivity index (χ2n) is 2.71. The number of hydrogen-bond donors (Lipinski definition) is 1. The molecule has 0 spiro atoms. The van der Waals surface area contributed by atoms with Crippen LogP contribution < -0.4 is 5.73 Å². The van der Waals surface area contributed by atoms with Crippen LogP contribution in [0.2, 0.25) is 0 Å². The maximum Gasteiger partial charge on any atom is 0.0987 e. The fourth-order valence-corrected chi connectivity index (χ4v) is 1.03. The molecule has 0 amide bonds. The SMILES string of the molecule is CC(F)=CC(N)N1C=CC=CC1.Cl.Cl. The van der Waals surface area contributed by atoms with Crippen LogP contribution in [0.25, 0.3) is 0 Å². The molecule has 5 heteroatoms. The first kappa shape index (κ1) is 15.9. The van der Waals surface area contributed by atoms with Crippen LogP contribution >= 0.6 is 24.8 Å². The van der Waals surface area contributed by atoms with E-state index in [2.05, 4.69) is 0 Å². The molecule has 0 saturated heterocycles. The highest BCUT2D eigenvalue weighted by Gasteiger charge is 2.07. The standard InChI is InChI=1S/C9H13FN2.2ClH/c1-8(10)7-9(11)12-5-3-2-4-6-12;;/h2-5,7,9H,6,11H2,1H3;2*1H. The lowest BCUT2D eigenvalue weighted by Crippen LogP contribution is -2.37. The van der Waals surface area contributed by atoms with Gasteiger partial charge in [0.1, 0.15) is 0 Å². The van der Waals surface area contributed by atoms with Gasteiger partial charge in [0.05, 0.1) is 12.0 Å². The Bertz CT molecular complexity index is 235. The lowest BCUT2D eigenvalue weighted by molar-refractivity contribution is 0.350. The zero-order valence-corrected chi connectivity index (χ0v) is 9.52. The summed E-state index contributed by atoms with van der Waals surface area (Å²) in [5, 5.41) is 0. The van der Waals surface area contributed by atoms with Crippen molar-refractivity contribution in [2.24, 2.45) is 5.73 Å². The molecule has 2 N–H and O–H groups in total. The summed E-state index contributed by atoms with van der Waals surface area (Å²) in [6.07, 6.45) is 8.67. The predicted octanol–water partition coefficient (Wildman–Crippen LogP) is 2.37.